The number of thiol groups is 1. The van der Waals surface area contributed by atoms with Crippen LogP contribution in [-0.2, 0) is 19.1 Å². The first-order valence-electron chi connectivity index (χ1n) is 4.68. The topological polar surface area (TPSA) is 72.9 Å². The van der Waals surface area contributed by atoms with Crippen LogP contribution in [-0.4, -0.2) is 48.4 Å². The maximum atomic E-state index is 11.0. The zero-order valence-electron chi connectivity index (χ0n) is 9.26. The van der Waals surface area contributed by atoms with Crippen LogP contribution in [0.3, 0.4) is 0 Å². The van der Waals surface area contributed by atoms with Crippen LogP contribution in [0, 0.1) is 0 Å². The van der Waals surface area contributed by atoms with Gasteiger partial charge in [0.1, 0.15) is 13.2 Å². The number of amides is 1. The molecule has 0 N–H and O–H groups in total. The lowest BCUT2D eigenvalue weighted by Gasteiger charge is -2.19. The summed E-state index contributed by atoms with van der Waals surface area (Å²) < 4.78 is 9.35. The standard InChI is InChI=1S/C9H15NO5S/c1-7(11)14-5-3-10(9(13)16)4-6-15-8(2)12/h3-6H2,1-2H3,(H,13,16). The van der Waals surface area contributed by atoms with Crippen molar-refractivity contribution in [3.8, 4) is 0 Å². The van der Waals surface area contributed by atoms with Crippen molar-refractivity contribution in [1.29, 1.82) is 0 Å². The Bertz CT molecular complexity index is 249. The van der Waals surface area contributed by atoms with Crippen molar-refractivity contribution in [2.45, 2.75) is 13.8 Å². The van der Waals surface area contributed by atoms with E-state index in [0.29, 0.717) is 0 Å². The van der Waals surface area contributed by atoms with Gasteiger partial charge in [0.05, 0.1) is 13.1 Å². The van der Waals surface area contributed by atoms with Crippen LogP contribution in [0.2, 0.25) is 0 Å². The van der Waals surface area contributed by atoms with Crippen LogP contribution in [0.1, 0.15) is 13.8 Å². The molecule has 0 bridgehead atoms. The van der Waals surface area contributed by atoms with Crippen molar-refractivity contribution < 1.29 is 23.9 Å². The number of nitrogens with zero attached hydrogens (tertiary/aromatic N) is 1. The number of carbonyl (C=O) groups excluding carboxylic acids is 3. The van der Waals surface area contributed by atoms with Gasteiger partial charge < -0.3 is 14.4 Å². The van der Waals surface area contributed by atoms with E-state index in [4.69, 9.17) is 0 Å². The van der Waals surface area contributed by atoms with Gasteiger partial charge in [-0.25, -0.2) is 0 Å². The Balaban J connectivity index is 3.84. The lowest BCUT2D eigenvalue weighted by atomic mass is 10.5. The molecule has 0 aromatic heterocycles. The molecule has 0 aliphatic heterocycles. The molecule has 0 fully saturated rings. The molecule has 92 valence electrons. The van der Waals surface area contributed by atoms with Crippen LogP contribution in [0.15, 0.2) is 0 Å². The smallest absolute Gasteiger partial charge is 0.302 e. The third kappa shape index (κ3) is 8.10. The minimum Gasteiger partial charge on any atom is -0.464 e. The fourth-order valence-electron chi connectivity index (χ4n) is 0.902. The zero-order valence-corrected chi connectivity index (χ0v) is 10.2. The van der Waals surface area contributed by atoms with Gasteiger partial charge >= 0.3 is 11.9 Å². The third-order valence-electron chi connectivity index (χ3n) is 1.60. The molecule has 0 aliphatic rings. The molecule has 0 saturated heterocycles. The molecule has 0 heterocycles. The van der Waals surface area contributed by atoms with Crippen molar-refractivity contribution >= 4 is 29.8 Å². The number of hydrogen-bond donors (Lipinski definition) is 1. The highest BCUT2D eigenvalue weighted by Crippen LogP contribution is 1.96. The highest BCUT2D eigenvalue weighted by atomic mass is 32.1. The van der Waals surface area contributed by atoms with E-state index >= 15 is 0 Å². The van der Waals surface area contributed by atoms with E-state index in [9.17, 15) is 14.4 Å². The van der Waals surface area contributed by atoms with E-state index in [1.807, 2.05) is 0 Å². The summed E-state index contributed by atoms with van der Waals surface area (Å²) in [6, 6.07) is 0. The largest absolute Gasteiger partial charge is 0.464 e. The van der Waals surface area contributed by atoms with Crippen molar-refractivity contribution in [3.63, 3.8) is 0 Å². The van der Waals surface area contributed by atoms with E-state index in [2.05, 4.69) is 22.1 Å². The van der Waals surface area contributed by atoms with E-state index in [0.717, 1.165) is 0 Å². The minimum atomic E-state index is -0.459. The monoisotopic (exact) mass is 249 g/mol. The zero-order chi connectivity index (χ0) is 12.6. The van der Waals surface area contributed by atoms with E-state index < -0.39 is 17.2 Å². The Morgan fingerprint density at radius 3 is 1.62 bits per heavy atom. The molecule has 0 saturated carbocycles. The summed E-state index contributed by atoms with van der Waals surface area (Å²) in [5, 5.41) is -0.459. The van der Waals surface area contributed by atoms with Gasteiger partial charge in [-0.15, -0.1) is 0 Å². The van der Waals surface area contributed by atoms with Gasteiger partial charge in [-0.2, -0.15) is 0 Å². The Morgan fingerprint density at radius 1 is 1.00 bits per heavy atom. The average molecular weight is 249 g/mol. The first-order chi connectivity index (χ1) is 7.43. The second-order valence-corrected chi connectivity index (χ2v) is 3.33. The number of carbonyl (C=O) groups is 3. The minimum absolute atomic E-state index is 0.0989. The molecule has 7 heteroatoms. The molecule has 0 rings (SSSR count). The Kier molecular flexibility index (Phi) is 7.36. The van der Waals surface area contributed by atoms with Gasteiger partial charge in [0.25, 0.3) is 5.24 Å². The maximum absolute atomic E-state index is 11.0. The van der Waals surface area contributed by atoms with Crippen LogP contribution in [0.4, 0.5) is 4.79 Å². The Hall–Kier alpha value is -1.24. The molecule has 0 spiro atoms. The molecular weight excluding hydrogens is 234 g/mol. The van der Waals surface area contributed by atoms with Gasteiger partial charge in [-0.1, -0.05) is 12.6 Å². The summed E-state index contributed by atoms with van der Waals surface area (Å²) in [5.74, 6) is -0.821. The van der Waals surface area contributed by atoms with Crippen molar-refractivity contribution in [2.24, 2.45) is 0 Å². The predicted molar refractivity (Wildman–Crippen MR) is 59.2 cm³/mol. The molecule has 1 amide bonds. The molecule has 0 aromatic carbocycles. The van der Waals surface area contributed by atoms with Crippen LogP contribution in [0.5, 0.6) is 0 Å². The van der Waals surface area contributed by atoms with Crippen LogP contribution >= 0.6 is 12.6 Å². The van der Waals surface area contributed by atoms with Crippen LogP contribution in [0.25, 0.3) is 0 Å². The molecule has 0 aromatic rings. The molecular formula is C9H15NO5S. The fraction of sp³-hybridized carbons (Fsp3) is 0.667. The highest BCUT2D eigenvalue weighted by Gasteiger charge is 2.10. The summed E-state index contributed by atoms with van der Waals surface area (Å²) in [5.41, 5.74) is 0. The van der Waals surface area contributed by atoms with Crippen LogP contribution < -0.4 is 0 Å². The molecule has 6 nitrogen and oxygen atoms in total. The molecule has 0 aliphatic carbocycles. The maximum Gasteiger partial charge on any atom is 0.302 e. The quantitative estimate of drug-likeness (QED) is 0.547. The molecule has 16 heavy (non-hydrogen) atoms. The van der Waals surface area contributed by atoms with E-state index in [1.165, 1.54) is 18.7 Å². The summed E-state index contributed by atoms with van der Waals surface area (Å²) in [4.78, 5) is 33.3. The molecule has 0 unspecified atom stereocenters. The second kappa shape index (κ2) is 7.98. The van der Waals surface area contributed by atoms with Crippen molar-refractivity contribution in [1.82, 2.24) is 4.90 Å². The SMILES string of the molecule is CC(=O)OCCN(CCOC(C)=O)C(=O)S. The summed E-state index contributed by atoms with van der Waals surface area (Å²) >= 11 is 3.65. The Labute approximate surface area is 99.3 Å². The summed E-state index contributed by atoms with van der Waals surface area (Å²) in [6.45, 7) is 3.22. The number of hydrogen-bond acceptors (Lipinski definition) is 5. The normalized spacial score (nSPS) is 9.44. The highest BCUT2D eigenvalue weighted by molar-refractivity contribution is 7.96. The van der Waals surface area contributed by atoms with Gasteiger partial charge in [0.15, 0.2) is 0 Å². The molecule has 0 atom stereocenters. The third-order valence-corrected chi connectivity index (χ3v) is 1.89. The predicted octanol–water partition coefficient (Wildman–Crippen LogP) is 0.464. The lowest BCUT2D eigenvalue weighted by molar-refractivity contribution is -0.141. The van der Waals surface area contributed by atoms with Crippen molar-refractivity contribution in [3.05, 3.63) is 0 Å². The number of rotatable bonds is 6. The number of esters is 2. The first-order valence-corrected chi connectivity index (χ1v) is 5.12. The van der Waals surface area contributed by atoms with Gasteiger partial charge in [0, 0.05) is 13.8 Å². The van der Waals surface area contributed by atoms with E-state index in [1.54, 1.807) is 0 Å². The average Bonchev–Trinajstić information content (AvgIpc) is 2.14. The first kappa shape index (κ1) is 14.8. The van der Waals surface area contributed by atoms with Gasteiger partial charge in [-0.05, 0) is 0 Å². The molecule has 0 radical (unpaired) electrons. The van der Waals surface area contributed by atoms with Gasteiger partial charge in [-0.3, -0.25) is 14.4 Å². The van der Waals surface area contributed by atoms with Crippen molar-refractivity contribution in [2.75, 3.05) is 26.3 Å². The van der Waals surface area contributed by atoms with Gasteiger partial charge in [0.2, 0.25) is 0 Å². The summed E-state index contributed by atoms with van der Waals surface area (Å²) in [7, 11) is 0. The lowest BCUT2D eigenvalue weighted by Crippen LogP contribution is -2.33. The number of ether oxygens (including phenoxy) is 2. The fourth-order valence-corrected chi connectivity index (χ4v) is 1.10. The Morgan fingerprint density at radius 2 is 1.38 bits per heavy atom. The second-order valence-electron chi connectivity index (χ2n) is 2.95. The summed E-state index contributed by atoms with van der Waals surface area (Å²) in [6.07, 6.45) is 0. The van der Waals surface area contributed by atoms with E-state index in [-0.39, 0.29) is 26.3 Å².